The first-order chi connectivity index (χ1) is 14.3. The average Bonchev–Trinajstić information content (AvgIpc) is 2.75. The van der Waals surface area contributed by atoms with Crippen LogP contribution in [0.1, 0.15) is 32.8 Å². The molecule has 0 saturated heterocycles. The number of benzene rings is 2. The van der Waals surface area contributed by atoms with Crippen LogP contribution in [0.4, 0.5) is 0 Å². The van der Waals surface area contributed by atoms with Crippen LogP contribution in [-0.2, 0) is 16.1 Å². The summed E-state index contributed by atoms with van der Waals surface area (Å²) in [5.41, 5.74) is 0.922. The van der Waals surface area contributed by atoms with Crippen LogP contribution in [0, 0.1) is 0 Å². The fraction of sp³-hybridized carbons (Fsp3) is 0.391. The fourth-order valence-corrected chi connectivity index (χ4v) is 3.23. The predicted molar refractivity (Wildman–Crippen MR) is 121 cm³/mol. The van der Waals surface area contributed by atoms with Gasteiger partial charge >= 0.3 is 0 Å². The number of nitrogens with one attached hydrogen (secondary N) is 1. The van der Waals surface area contributed by atoms with E-state index in [0.717, 1.165) is 16.5 Å². The number of amides is 2. The van der Waals surface area contributed by atoms with E-state index in [0.29, 0.717) is 18.0 Å². The zero-order valence-corrected chi connectivity index (χ0v) is 19.4. The summed E-state index contributed by atoms with van der Waals surface area (Å²) in [6.07, 6.45) is 0.818. The first-order valence-corrected chi connectivity index (χ1v) is 10.7. The monoisotopic (exact) mass is 476 g/mol. The van der Waals surface area contributed by atoms with Crippen LogP contribution in [0.15, 0.2) is 53.0 Å². The van der Waals surface area contributed by atoms with E-state index in [-0.39, 0.29) is 24.5 Å². The molecule has 30 heavy (non-hydrogen) atoms. The Bertz CT molecular complexity index is 841. The Morgan fingerprint density at radius 2 is 1.77 bits per heavy atom. The van der Waals surface area contributed by atoms with Gasteiger partial charge in [0, 0.05) is 17.1 Å². The Morgan fingerprint density at radius 3 is 2.37 bits per heavy atom. The zero-order valence-electron chi connectivity index (χ0n) is 17.9. The van der Waals surface area contributed by atoms with E-state index in [1.54, 1.807) is 43.2 Å². The van der Waals surface area contributed by atoms with E-state index in [1.165, 1.54) is 0 Å². The second-order valence-corrected chi connectivity index (χ2v) is 8.03. The summed E-state index contributed by atoms with van der Waals surface area (Å²) < 4.78 is 11.7. The van der Waals surface area contributed by atoms with Crippen LogP contribution in [0.25, 0.3) is 0 Å². The maximum absolute atomic E-state index is 13.0. The number of methoxy groups -OCH3 is 1. The van der Waals surface area contributed by atoms with E-state index in [2.05, 4.69) is 21.2 Å². The highest BCUT2D eigenvalue weighted by Crippen LogP contribution is 2.18. The van der Waals surface area contributed by atoms with Crippen molar-refractivity contribution in [2.75, 3.05) is 13.7 Å². The number of nitrogens with zero attached hydrogens (tertiary/aromatic N) is 1. The molecule has 0 saturated carbocycles. The van der Waals surface area contributed by atoms with Crippen molar-refractivity contribution in [3.05, 3.63) is 58.6 Å². The molecule has 0 aliphatic carbocycles. The van der Waals surface area contributed by atoms with Crippen molar-refractivity contribution in [2.24, 2.45) is 0 Å². The van der Waals surface area contributed by atoms with Crippen molar-refractivity contribution in [1.82, 2.24) is 10.2 Å². The number of ether oxygens (including phenoxy) is 2. The van der Waals surface area contributed by atoms with Gasteiger partial charge in [0.25, 0.3) is 5.91 Å². The van der Waals surface area contributed by atoms with Gasteiger partial charge in [-0.15, -0.1) is 0 Å². The maximum Gasteiger partial charge on any atom is 0.261 e. The minimum atomic E-state index is -0.634. The van der Waals surface area contributed by atoms with Crippen molar-refractivity contribution in [3.63, 3.8) is 0 Å². The quantitative estimate of drug-likeness (QED) is 0.558. The molecule has 0 aliphatic heterocycles. The Balaban J connectivity index is 2.13. The van der Waals surface area contributed by atoms with E-state index in [4.69, 9.17) is 9.47 Å². The Hall–Kier alpha value is -2.54. The lowest BCUT2D eigenvalue weighted by atomic mass is 10.1. The normalized spacial score (nSPS) is 12.6. The highest BCUT2D eigenvalue weighted by Gasteiger charge is 2.27. The molecule has 0 aromatic heterocycles. The van der Waals surface area contributed by atoms with Gasteiger partial charge in [0.05, 0.1) is 7.11 Å². The van der Waals surface area contributed by atoms with E-state index < -0.39 is 6.04 Å². The Labute approximate surface area is 186 Å². The molecule has 0 aliphatic rings. The number of carbonyl (C=O) groups excluding carboxylic acids is 2. The van der Waals surface area contributed by atoms with Crippen molar-refractivity contribution in [1.29, 1.82) is 0 Å². The summed E-state index contributed by atoms with van der Waals surface area (Å²) >= 11 is 3.45. The standard InChI is InChI=1S/C23H29BrN2O4/c1-5-16(2)25-23(28)17(3)26(14-18-7-6-8-19(24)13-18)22(27)15-30-21-11-9-20(29-4)10-12-21/h6-13,16-17H,5,14-15H2,1-4H3,(H,25,28)/t16-,17-/m0/s1. The smallest absolute Gasteiger partial charge is 0.261 e. The van der Waals surface area contributed by atoms with Crippen LogP contribution in [0.3, 0.4) is 0 Å². The summed E-state index contributed by atoms with van der Waals surface area (Å²) in [5, 5.41) is 2.95. The molecular weight excluding hydrogens is 448 g/mol. The van der Waals surface area contributed by atoms with E-state index in [9.17, 15) is 9.59 Å². The molecule has 0 heterocycles. The molecule has 1 N–H and O–H groups in total. The van der Waals surface area contributed by atoms with Crippen LogP contribution in [-0.4, -0.2) is 42.5 Å². The molecule has 0 spiro atoms. The van der Waals surface area contributed by atoms with Gasteiger partial charge in [-0.1, -0.05) is 35.0 Å². The van der Waals surface area contributed by atoms with Gasteiger partial charge in [0.1, 0.15) is 17.5 Å². The van der Waals surface area contributed by atoms with Crippen molar-refractivity contribution in [2.45, 2.75) is 45.8 Å². The lowest BCUT2D eigenvalue weighted by molar-refractivity contribution is -0.142. The van der Waals surface area contributed by atoms with Crippen LogP contribution < -0.4 is 14.8 Å². The molecule has 2 amide bonds. The molecule has 6 nitrogen and oxygen atoms in total. The molecule has 0 bridgehead atoms. The third-order valence-electron chi connectivity index (χ3n) is 4.83. The SMILES string of the molecule is CC[C@H](C)NC(=O)[C@H](C)N(Cc1cccc(Br)c1)C(=O)COc1ccc(OC)cc1. The van der Waals surface area contributed by atoms with Gasteiger partial charge in [-0.25, -0.2) is 0 Å². The van der Waals surface area contributed by atoms with Gasteiger partial charge in [-0.3, -0.25) is 9.59 Å². The summed E-state index contributed by atoms with van der Waals surface area (Å²) in [4.78, 5) is 27.3. The number of rotatable bonds is 10. The molecule has 7 heteroatoms. The lowest BCUT2D eigenvalue weighted by Crippen LogP contribution is -2.50. The van der Waals surface area contributed by atoms with Gasteiger partial charge in [-0.2, -0.15) is 0 Å². The Kier molecular flexibility index (Phi) is 9.17. The maximum atomic E-state index is 13.0. The van der Waals surface area contributed by atoms with Gasteiger partial charge in [0.15, 0.2) is 6.61 Å². The first kappa shape index (κ1) is 23.7. The minimum absolute atomic E-state index is 0.0401. The van der Waals surface area contributed by atoms with Crippen LogP contribution in [0.5, 0.6) is 11.5 Å². The number of carbonyl (C=O) groups is 2. The van der Waals surface area contributed by atoms with Crippen molar-refractivity contribution < 1.29 is 19.1 Å². The molecule has 162 valence electrons. The van der Waals surface area contributed by atoms with Crippen LogP contribution >= 0.6 is 15.9 Å². The highest BCUT2D eigenvalue weighted by molar-refractivity contribution is 9.10. The second kappa shape index (κ2) is 11.6. The summed E-state index contributed by atoms with van der Waals surface area (Å²) in [5.74, 6) is 0.818. The summed E-state index contributed by atoms with van der Waals surface area (Å²) in [6, 6.07) is 14.1. The van der Waals surface area contributed by atoms with Crippen molar-refractivity contribution in [3.8, 4) is 11.5 Å². The number of hydrogen-bond acceptors (Lipinski definition) is 4. The highest BCUT2D eigenvalue weighted by atomic mass is 79.9. The lowest BCUT2D eigenvalue weighted by Gasteiger charge is -2.29. The average molecular weight is 477 g/mol. The fourth-order valence-electron chi connectivity index (χ4n) is 2.78. The largest absolute Gasteiger partial charge is 0.497 e. The van der Waals surface area contributed by atoms with Crippen molar-refractivity contribution >= 4 is 27.7 Å². The number of hydrogen-bond donors (Lipinski definition) is 1. The molecule has 2 atom stereocenters. The zero-order chi connectivity index (χ0) is 22.1. The third kappa shape index (κ3) is 7.06. The second-order valence-electron chi connectivity index (χ2n) is 7.11. The van der Waals surface area contributed by atoms with Gasteiger partial charge in [-0.05, 0) is 62.2 Å². The number of halogens is 1. The molecule has 2 aromatic rings. The van der Waals surface area contributed by atoms with Gasteiger partial charge in [0.2, 0.25) is 5.91 Å². The molecular formula is C23H29BrN2O4. The molecule has 0 unspecified atom stereocenters. The molecule has 2 rings (SSSR count). The third-order valence-corrected chi connectivity index (χ3v) is 5.33. The van der Waals surface area contributed by atoms with E-state index in [1.807, 2.05) is 38.1 Å². The van der Waals surface area contributed by atoms with E-state index >= 15 is 0 Å². The predicted octanol–water partition coefficient (Wildman–Crippen LogP) is 4.17. The van der Waals surface area contributed by atoms with Crippen LogP contribution in [0.2, 0.25) is 0 Å². The van der Waals surface area contributed by atoms with Gasteiger partial charge < -0.3 is 19.7 Å². The summed E-state index contributed by atoms with van der Waals surface area (Å²) in [7, 11) is 1.59. The molecule has 0 radical (unpaired) electrons. The Morgan fingerprint density at radius 1 is 1.10 bits per heavy atom. The molecule has 2 aromatic carbocycles. The summed E-state index contributed by atoms with van der Waals surface area (Å²) in [6.45, 7) is 5.82. The molecule has 0 fully saturated rings. The minimum Gasteiger partial charge on any atom is -0.497 e. The topological polar surface area (TPSA) is 67.9 Å². The first-order valence-electron chi connectivity index (χ1n) is 9.95.